The summed E-state index contributed by atoms with van der Waals surface area (Å²) in [5.41, 5.74) is 1.78. The van der Waals surface area contributed by atoms with Crippen LogP contribution in [0.1, 0.15) is 21.8 Å². The van der Waals surface area contributed by atoms with Crippen LogP contribution in [0.25, 0.3) is 11.4 Å². The third-order valence-electron chi connectivity index (χ3n) is 6.28. The highest BCUT2D eigenvalue weighted by molar-refractivity contribution is 5.93. The molecule has 2 aromatic carbocycles. The molecule has 0 N–H and O–H groups in total. The van der Waals surface area contributed by atoms with Crippen molar-refractivity contribution in [3.05, 3.63) is 100 Å². The van der Waals surface area contributed by atoms with Gasteiger partial charge in [-0.3, -0.25) is 14.5 Å². The molecule has 1 aliphatic rings. The molecule has 0 bridgehead atoms. The molecule has 2 aromatic heterocycles. The van der Waals surface area contributed by atoms with Gasteiger partial charge < -0.3 is 18.7 Å². The summed E-state index contributed by atoms with van der Waals surface area (Å²) in [4.78, 5) is 34.5. The second kappa shape index (κ2) is 10.6. The minimum absolute atomic E-state index is 0.197. The Morgan fingerprint density at radius 2 is 1.69 bits per heavy atom. The van der Waals surface area contributed by atoms with Crippen molar-refractivity contribution < 1.29 is 14.1 Å². The fraction of sp³-hybridized carbons (Fsp3) is 0.259. The number of ether oxygens (including phenoxy) is 1. The molecule has 5 rings (SSSR count). The van der Waals surface area contributed by atoms with Gasteiger partial charge in [-0.05, 0) is 42.0 Å². The van der Waals surface area contributed by atoms with Crippen molar-refractivity contribution in [2.75, 3.05) is 33.3 Å². The highest BCUT2D eigenvalue weighted by Crippen LogP contribution is 2.20. The predicted octanol–water partition coefficient (Wildman–Crippen LogP) is 2.91. The van der Waals surface area contributed by atoms with Crippen LogP contribution in [0, 0.1) is 0 Å². The molecule has 36 heavy (non-hydrogen) atoms. The molecule has 9 heteroatoms. The Kier molecular flexibility index (Phi) is 6.90. The number of nitrogens with zero attached hydrogens (tertiary/aromatic N) is 5. The zero-order valence-corrected chi connectivity index (χ0v) is 20.0. The third kappa shape index (κ3) is 5.21. The smallest absolute Gasteiger partial charge is 0.263 e. The van der Waals surface area contributed by atoms with E-state index in [9.17, 15) is 9.59 Å². The van der Waals surface area contributed by atoms with Gasteiger partial charge in [0.05, 0.1) is 20.2 Å². The number of carbonyl (C=O) groups excluding carboxylic acids is 1. The molecule has 0 radical (unpaired) electrons. The van der Waals surface area contributed by atoms with E-state index in [1.54, 1.807) is 34.9 Å². The fourth-order valence-corrected chi connectivity index (χ4v) is 4.25. The first-order chi connectivity index (χ1) is 17.6. The number of pyridine rings is 1. The van der Waals surface area contributed by atoms with Crippen LogP contribution in [-0.2, 0) is 13.1 Å². The van der Waals surface area contributed by atoms with Crippen molar-refractivity contribution in [2.24, 2.45) is 0 Å². The minimum Gasteiger partial charge on any atom is -0.497 e. The number of hydrogen-bond donors (Lipinski definition) is 0. The van der Waals surface area contributed by atoms with E-state index in [1.165, 1.54) is 0 Å². The first-order valence-electron chi connectivity index (χ1n) is 11.8. The largest absolute Gasteiger partial charge is 0.497 e. The van der Waals surface area contributed by atoms with Crippen molar-refractivity contribution in [3.8, 4) is 17.1 Å². The van der Waals surface area contributed by atoms with E-state index in [4.69, 9.17) is 9.26 Å². The molecule has 9 nitrogen and oxygen atoms in total. The Bertz CT molecular complexity index is 1370. The maximum atomic E-state index is 13.1. The number of amides is 1. The average Bonchev–Trinajstić information content (AvgIpc) is 3.39. The van der Waals surface area contributed by atoms with Gasteiger partial charge in [0.15, 0.2) is 0 Å². The van der Waals surface area contributed by atoms with Crippen LogP contribution in [0.3, 0.4) is 0 Å². The zero-order valence-electron chi connectivity index (χ0n) is 20.0. The van der Waals surface area contributed by atoms with E-state index in [2.05, 4.69) is 15.0 Å². The molecule has 0 saturated carbocycles. The van der Waals surface area contributed by atoms with Crippen LogP contribution in [0.4, 0.5) is 0 Å². The normalized spacial score (nSPS) is 14.1. The molecular weight excluding hydrogens is 458 g/mol. The molecule has 184 valence electrons. The quantitative estimate of drug-likeness (QED) is 0.397. The zero-order chi connectivity index (χ0) is 24.9. The highest BCUT2D eigenvalue weighted by Gasteiger charge is 2.25. The number of hydrogen-bond acceptors (Lipinski definition) is 7. The van der Waals surface area contributed by atoms with Gasteiger partial charge in [-0.15, -0.1) is 0 Å². The van der Waals surface area contributed by atoms with E-state index in [-0.39, 0.29) is 17.0 Å². The Balaban J connectivity index is 1.18. The molecule has 0 aliphatic carbocycles. The van der Waals surface area contributed by atoms with Crippen LogP contribution in [0.15, 0.2) is 82.2 Å². The Labute approximate surface area is 208 Å². The van der Waals surface area contributed by atoms with Gasteiger partial charge in [0, 0.05) is 37.9 Å². The summed E-state index contributed by atoms with van der Waals surface area (Å²) in [5, 5.41) is 4.08. The lowest BCUT2D eigenvalue weighted by molar-refractivity contribution is 0.0612. The lowest BCUT2D eigenvalue weighted by atomic mass is 10.2. The van der Waals surface area contributed by atoms with Gasteiger partial charge in [0.25, 0.3) is 11.5 Å². The maximum absolute atomic E-state index is 13.1. The van der Waals surface area contributed by atoms with Crippen molar-refractivity contribution in [2.45, 2.75) is 13.1 Å². The van der Waals surface area contributed by atoms with E-state index in [1.807, 2.05) is 54.6 Å². The van der Waals surface area contributed by atoms with E-state index in [0.29, 0.717) is 51.0 Å². The fourth-order valence-electron chi connectivity index (χ4n) is 4.25. The molecule has 0 spiro atoms. The van der Waals surface area contributed by atoms with Gasteiger partial charge in [-0.1, -0.05) is 35.5 Å². The molecule has 3 heterocycles. The van der Waals surface area contributed by atoms with Crippen LogP contribution in [0.5, 0.6) is 5.75 Å². The number of aromatic nitrogens is 3. The van der Waals surface area contributed by atoms with Gasteiger partial charge in [0.1, 0.15) is 11.3 Å². The molecule has 0 unspecified atom stereocenters. The van der Waals surface area contributed by atoms with E-state index >= 15 is 0 Å². The number of rotatable bonds is 7. The summed E-state index contributed by atoms with van der Waals surface area (Å²) >= 11 is 0. The molecule has 1 saturated heterocycles. The Hall–Kier alpha value is -4.24. The van der Waals surface area contributed by atoms with E-state index < -0.39 is 0 Å². The topological polar surface area (TPSA) is 93.7 Å². The summed E-state index contributed by atoms with van der Waals surface area (Å²) in [6.45, 7) is 3.27. The SMILES string of the molecule is COc1ccc(-c2noc(CN3CCN(C(=O)c4cccn(Cc5ccccc5)c4=O)CC3)n2)cc1. The first-order valence-corrected chi connectivity index (χ1v) is 11.8. The number of piperazine rings is 1. The van der Waals surface area contributed by atoms with Crippen molar-refractivity contribution in [3.63, 3.8) is 0 Å². The lowest BCUT2D eigenvalue weighted by Gasteiger charge is -2.33. The molecule has 1 fully saturated rings. The first kappa shape index (κ1) is 23.5. The van der Waals surface area contributed by atoms with Crippen LogP contribution < -0.4 is 10.3 Å². The van der Waals surface area contributed by atoms with Gasteiger partial charge >= 0.3 is 0 Å². The molecular formula is C27H27N5O4. The summed E-state index contributed by atoms with van der Waals surface area (Å²) in [6.07, 6.45) is 1.72. The second-order valence-electron chi connectivity index (χ2n) is 8.65. The summed E-state index contributed by atoms with van der Waals surface area (Å²) in [6, 6.07) is 20.6. The van der Waals surface area contributed by atoms with E-state index in [0.717, 1.165) is 16.9 Å². The van der Waals surface area contributed by atoms with Crippen molar-refractivity contribution in [1.29, 1.82) is 0 Å². The number of carbonyl (C=O) groups is 1. The van der Waals surface area contributed by atoms with Gasteiger partial charge in [0.2, 0.25) is 11.7 Å². The number of methoxy groups -OCH3 is 1. The minimum atomic E-state index is -0.272. The maximum Gasteiger partial charge on any atom is 0.263 e. The Morgan fingerprint density at radius 3 is 2.42 bits per heavy atom. The average molecular weight is 486 g/mol. The van der Waals surface area contributed by atoms with Crippen LogP contribution in [0.2, 0.25) is 0 Å². The number of benzene rings is 2. The molecule has 0 atom stereocenters. The van der Waals surface area contributed by atoms with Gasteiger partial charge in [-0.2, -0.15) is 4.98 Å². The van der Waals surface area contributed by atoms with Gasteiger partial charge in [-0.25, -0.2) is 0 Å². The van der Waals surface area contributed by atoms with Crippen molar-refractivity contribution >= 4 is 5.91 Å². The molecule has 1 aliphatic heterocycles. The summed E-state index contributed by atoms with van der Waals surface area (Å²) in [7, 11) is 1.62. The Morgan fingerprint density at radius 1 is 0.944 bits per heavy atom. The van der Waals surface area contributed by atoms with Crippen LogP contribution >= 0.6 is 0 Å². The van der Waals surface area contributed by atoms with Crippen LogP contribution in [-0.4, -0.2) is 63.7 Å². The monoisotopic (exact) mass is 485 g/mol. The predicted molar refractivity (Wildman–Crippen MR) is 134 cm³/mol. The molecule has 1 amide bonds. The standard InChI is InChI=1S/C27H27N5O4/c1-35-22-11-9-21(10-12-22)25-28-24(36-29-25)19-30-14-16-31(17-15-30)26(33)23-8-5-13-32(27(23)34)18-20-6-3-2-4-7-20/h2-13H,14-19H2,1H3. The second-order valence-corrected chi connectivity index (χ2v) is 8.65. The lowest BCUT2D eigenvalue weighted by Crippen LogP contribution is -2.49. The summed E-state index contributed by atoms with van der Waals surface area (Å²) in [5.74, 6) is 1.58. The third-order valence-corrected chi connectivity index (χ3v) is 6.28. The summed E-state index contributed by atoms with van der Waals surface area (Å²) < 4.78 is 12.2. The molecule has 4 aromatic rings. The van der Waals surface area contributed by atoms with Crippen molar-refractivity contribution in [1.82, 2.24) is 24.5 Å². The highest BCUT2D eigenvalue weighted by atomic mass is 16.5.